The van der Waals surface area contributed by atoms with Crippen molar-refractivity contribution in [3.05, 3.63) is 23.7 Å². The zero-order chi connectivity index (χ0) is 9.84. The molecular formula is C9H10O3. The normalized spacial score (nSPS) is 10.3. The SMILES string of the molecule is [2H]c1c(C=O)ccc(OC)c1OC. The molecular weight excluding hydrogens is 156 g/mol. The fraction of sp³-hybridized carbons (Fsp3) is 0.222. The summed E-state index contributed by atoms with van der Waals surface area (Å²) in [4.78, 5) is 10.5. The Kier molecular flexibility index (Phi) is 2.24. The largest absolute Gasteiger partial charge is 0.493 e. The Morgan fingerprint density at radius 3 is 2.50 bits per heavy atom. The topological polar surface area (TPSA) is 35.5 Å². The van der Waals surface area contributed by atoms with Crippen LogP contribution < -0.4 is 9.47 Å². The molecule has 0 aliphatic rings. The molecule has 0 bridgehead atoms. The van der Waals surface area contributed by atoms with E-state index in [1.807, 2.05) is 0 Å². The lowest BCUT2D eigenvalue weighted by Gasteiger charge is -2.06. The summed E-state index contributed by atoms with van der Waals surface area (Å²) in [5, 5.41) is 0. The van der Waals surface area contributed by atoms with Crippen LogP contribution in [0.4, 0.5) is 0 Å². The number of hydrogen-bond acceptors (Lipinski definition) is 3. The van der Waals surface area contributed by atoms with Gasteiger partial charge in [-0.2, -0.15) is 0 Å². The van der Waals surface area contributed by atoms with E-state index in [4.69, 9.17) is 10.8 Å². The zero-order valence-corrected chi connectivity index (χ0v) is 6.96. The van der Waals surface area contributed by atoms with Gasteiger partial charge in [-0.15, -0.1) is 0 Å². The van der Waals surface area contributed by atoms with E-state index in [1.165, 1.54) is 20.3 Å². The molecule has 0 heterocycles. The van der Waals surface area contributed by atoms with Crippen LogP contribution in [0.2, 0.25) is 0 Å². The third-order valence-corrected chi connectivity index (χ3v) is 1.45. The molecule has 0 aliphatic heterocycles. The first kappa shape index (κ1) is 7.16. The molecule has 0 saturated heterocycles. The molecule has 0 atom stereocenters. The van der Waals surface area contributed by atoms with Gasteiger partial charge in [0.2, 0.25) is 0 Å². The van der Waals surface area contributed by atoms with Gasteiger partial charge >= 0.3 is 0 Å². The second-order valence-corrected chi connectivity index (χ2v) is 2.13. The Morgan fingerprint density at radius 2 is 2.00 bits per heavy atom. The van der Waals surface area contributed by atoms with Crippen molar-refractivity contribution in [1.82, 2.24) is 0 Å². The fourth-order valence-corrected chi connectivity index (χ4v) is 0.857. The highest BCUT2D eigenvalue weighted by Gasteiger charge is 2.02. The summed E-state index contributed by atoms with van der Waals surface area (Å²) in [6.45, 7) is 0. The maximum atomic E-state index is 10.5. The molecule has 0 fully saturated rings. The molecule has 1 aromatic carbocycles. The lowest BCUT2D eigenvalue weighted by molar-refractivity contribution is 0.112. The minimum absolute atomic E-state index is 0.0526. The number of rotatable bonds is 3. The van der Waals surface area contributed by atoms with E-state index in [2.05, 4.69) is 0 Å². The van der Waals surface area contributed by atoms with Crippen LogP contribution in [0.5, 0.6) is 11.5 Å². The van der Waals surface area contributed by atoms with E-state index in [0.29, 0.717) is 12.0 Å². The Bertz CT molecular complexity index is 323. The minimum Gasteiger partial charge on any atom is -0.493 e. The first-order valence-electron chi connectivity index (χ1n) is 3.91. The molecule has 3 nitrogen and oxygen atoms in total. The number of ether oxygens (including phenoxy) is 2. The van der Waals surface area contributed by atoms with Gasteiger partial charge in [0.1, 0.15) is 6.29 Å². The molecule has 1 rings (SSSR count). The number of aldehydes is 1. The van der Waals surface area contributed by atoms with E-state index in [9.17, 15) is 4.79 Å². The van der Waals surface area contributed by atoms with Gasteiger partial charge < -0.3 is 9.47 Å². The quantitative estimate of drug-likeness (QED) is 0.640. The van der Waals surface area contributed by atoms with E-state index in [0.717, 1.165) is 0 Å². The maximum Gasteiger partial charge on any atom is 0.161 e. The Hall–Kier alpha value is -1.51. The van der Waals surface area contributed by atoms with Crippen LogP contribution in [0, 0.1) is 0 Å². The summed E-state index contributed by atoms with van der Waals surface area (Å²) in [7, 11) is 2.92. The van der Waals surface area contributed by atoms with Gasteiger partial charge in [0.25, 0.3) is 0 Å². The van der Waals surface area contributed by atoms with Crippen molar-refractivity contribution in [2.24, 2.45) is 0 Å². The third-order valence-electron chi connectivity index (χ3n) is 1.45. The predicted octanol–water partition coefficient (Wildman–Crippen LogP) is 1.52. The molecule has 0 radical (unpaired) electrons. The van der Waals surface area contributed by atoms with Crippen molar-refractivity contribution in [2.75, 3.05) is 14.2 Å². The second kappa shape index (κ2) is 3.76. The second-order valence-electron chi connectivity index (χ2n) is 2.13. The van der Waals surface area contributed by atoms with E-state index < -0.39 is 0 Å². The summed E-state index contributed by atoms with van der Waals surface area (Å²) in [5.74, 6) is 0.741. The van der Waals surface area contributed by atoms with Crippen LogP contribution in [0.25, 0.3) is 0 Å². The van der Waals surface area contributed by atoms with Crippen LogP contribution in [0.1, 0.15) is 11.7 Å². The van der Waals surface area contributed by atoms with Crippen LogP contribution in [0.15, 0.2) is 18.2 Å². The predicted molar refractivity (Wildman–Crippen MR) is 44.9 cm³/mol. The summed E-state index contributed by atoms with van der Waals surface area (Å²) < 4.78 is 17.4. The first-order chi connectivity index (χ1) is 6.24. The lowest BCUT2D eigenvalue weighted by Crippen LogP contribution is -1.91. The van der Waals surface area contributed by atoms with Crippen molar-refractivity contribution >= 4 is 6.29 Å². The van der Waals surface area contributed by atoms with Gasteiger partial charge in [-0.3, -0.25) is 4.79 Å². The molecule has 0 spiro atoms. The summed E-state index contributed by atoms with van der Waals surface area (Å²) >= 11 is 0. The van der Waals surface area contributed by atoms with Gasteiger partial charge in [-0.05, 0) is 18.2 Å². The highest BCUT2D eigenvalue weighted by Crippen LogP contribution is 2.26. The molecule has 0 amide bonds. The molecule has 0 N–H and O–H groups in total. The number of carbonyl (C=O) groups is 1. The van der Waals surface area contributed by atoms with Gasteiger partial charge in [-0.25, -0.2) is 0 Å². The molecule has 12 heavy (non-hydrogen) atoms. The van der Waals surface area contributed by atoms with Crippen molar-refractivity contribution in [1.29, 1.82) is 0 Å². The van der Waals surface area contributed by atoms with Crippen LogP contribution in [-0.2, 0) is 0 Å². The monoisotopic (exact) mass is 167 g/mol. The Morgan fingerprint density at radius 1 is 1.33 bits per heavy atom. The molecule has 0 aliphatic carbocycles. The highest BCUT2D eigenvalue weighted by molar-refractivity contribution is 5.76. The average molecular weight is 167 g/mol. The maximum absolute atomic E-state index is 10.5. The summed E-state index contributed by atoms with van der Waals surface area (Å²) in [6.07, 6.45) is 0.615. The van der Waals surface area contributed by atoms with Gasteiger partial charge in [0.15, 0.2) is 11.5 Å². The Labute approximate surface area is 72.3 Å². The van der Waals surface area contributed by atoms with Gasteiger partial charge in [-0.1, -0.05) is 0 Å². The van der Waals surface area contributed by atoms with Crippen molar-refractivity contribution in [3.8, 4) is 11.5 Å². The summed E-state index contributed by atoms with van der Waals surface area (Å²) in [5.41, 5.74) is 0.289. The van der Waals surface area contributed by atoms with Gasteiger partial charge in [0.05, 0.1) is 15.6 Å². The van der Waals surface area contributed by atoms with Crippen molar-refractivity contribution < 1.29 is 15.6 Å². The van der Waals surface area contributed by atoms with Gasteiger partial charge in [0, 0.05) is 5.56 Å². The molecule has 64 valence electrons. The molecule has 0 aromatic heterocycles. The number of hydrogen-bond donors (Lipinski definition) is 0. The van der Waals surface area contributed by atoms with Crippen LogP contribution in [0.3, 0.4) is 0 Å². The van der Waals surface area contributed by atoms with Crippen molar-refractivity contribution in [3.63, 3.8) is 0 Å². The molecule has 0 unspecified atom stereocenters. The number of methoxy groups -OCH3 is 2. The van der Waals surface area contributed by atoms with Crippen LogP contribution in [-0.4, -0.2) is 20.5 Å². The zero-order valence-electron chi connectivity index (χ0n) is 7.96. The number of carbonyl (C=O) groups excluding carboxylic acids is 1. The lowest BCUT2D eigenvalue weighted by atomic mass is 10.2. The smallest absolute Gasteiger partial charge is 0.161 e. The highest BCUT2D eigenvalue weighted by atomic mass is 16.5. The molecule has 0 saturated carbocycles. The number of benzene rings is 1. The fourth-order valence-electron chi connectivity index (χ4n) is 0.857. The Balaban J connectivity index is 3.31. The third kappa shape index (κ3) is 1.56. The van der Waals surface area contributed by atoms with E-state index in [-0.39, 0.29) is 17.4 Å². The minimum atomic E-state index is 0.0526. The standard InChI is InChI=1S/C9H10O3/c1-11-8-4-3-7(6-10)5-9(8)12-2/h3-6H,1-2H3/i5D. The van der Waals surface area contributed by atoms with E-state index >= 15 is 0 Å². The molecule has 3 heteroatoms. The average Bonchev–Trinajstić information content (AvgIpc) is 2.17. The van der Waals surface area contributed by atoms with E-state index in [1.54, 1.807) is 6.07 Å². The van der Waals surface area contributed by atoms with Crippen LogP contribution >= 0.6 is 0 Å². The van der Waals surface area contributed by atoms with Crippen molar-refractivity contribution in [2.45, 2.75) is 0 Å². The first-order valence-corrected chi connectivity index (χ1v) is 3.41. The summed E-state index contributed by atoms with van der Waals surface area (Å²) in [6, 6.07) is 3.17. The molecule has 1 aromatic rings.